The number of anilines is 1. The number of carbonyl (C=O) groups excluding carboxylic acids is 1. The van der Waals surface area contributed by atoms with Crippen molar-refractivity contribution in [1.82, 2.24) is 25.2 Å². The third-order valence-electron chi connectivity index (χ3n) is 2.94. The van der Waals surface area contributed by atoms with Gasteiger partial charge in [-0.1, -0.05) is 0 Å². The maximum atomic E-state index is 12.1. The molecule has 0 aliphatic carbocycles. The van der Waals surface area contributed by atoms with Crippen LogP contribution in [0.25, 0.3) is 0 Å². The molecule has 9 heteroatoms. The van der Waals surface area contributed by atoms with Gasteiger partial charge in [0.25, 0.3) is 0 Å². The fraction of sp³-hybridized carbons (Fsp3) is 0.636. The summed E-state index contributed by atoms with van der Waals surface area (Å²) >= 11 is 5.79. The van der Waals surface area contributed by atoms with E-state index in [0.29, 0.717) is 19.0 Å². The van der Waals surface area contributed by atoms with E-state index in [2.05, 4.69) is 20.3 Å². The highest BCUT2D eigenvalue weighted by Gasteiger charge is 2.19. The first-order valence-electron chi connectivity index (χ1n) is 6.25. The summed E-state index contributed by atoms with van der Waals surface area (Å²) in [5.41, 5.74) is 0. The minimum absolute atomic E-state index is 0.0319. The van der Waals surface area contributed by atoms with Gasteiger partial charge in [-0.05, 0) is 11.6 Å². The number of amides is 1. The van der Waals surface area contributed by atoms with E-state index in [9.17, 15) is 4.79 Å². The Morgan fingerprint density at radius 3 is 2.75 bits per heavy atom. The van der Waals surface area contributed by atoms with Crippen LogP contribution in [0.15, 0.2) is 0 Å². The maximum Gasteiger partial charge on any atom is 0.322 e. The largest absolute Gasteiger partial charge is 0.467 e. The van der Waals surface area contributed by atoms with Crippen LogP contribution in [0, 0.1) is 0 Å². The number of nitrogens with one attached hydrogen (secondary N) is 1. The summed E-state index contributed by atoms with van der Waals surface area (Å²) in [7, 11) is 3.17. The van der Waals surface area contributed by atoms with E-state index in [1.165, 1.54) is 7.11 Å². The van der Waals surface area contributed by atoms with Crippen molar-refractivity contribution in [2.75, 3.05) is 51.8 Å². The Kier molecular flexibility index (Phi) is 4.91. The zero-order chi connectivity index (χ0) is 14.5. The van der Waals surface area contributed by atoms with Gasteiger partial charge in [0.1, 0.15) is 0 Å². The van der Waals surface area contributed by atoms with Crippen molar-refractivity contribution in [1.29, 1.82) is 0 Å². The summed E-state index contributed by atoms with van der Waals surface area (Å²) in [4.78, 5) is 27.4. The molecule has 1 N–H and O–H groups in total. The number of piperazine rings is 1. The van der Waals surface area contributed by atoms with Crippen LogP contribution >= 0.6 is 11.6 Å². The number of hydrogen-bond donors (Lipinski definition) is 1. The van der Waals surface area contributed by atoms with E-state index in [4.69, 9.17) is 16.3 Å². The van der Waals surface area contributed by atoms with Crippen molar-refractivity contribution in [3.8, 4) is 6.01 Å². The van der Waals surface area contributed by atoms with Crippen molar-refractivity contribution in [3.05, 3.63) is 5.28 Å². The average molecular weight is 301 g/mol. The molecule has 2 heterocycles. The molecule has 1 aromatic heterocycles. The number of nitrogens with zero attached hydrogens (tertiary/aromatic N) is 5. The zero-order valence-corrected chi connectivity index (χ0v) is 12.2. The highest BCUT2D eigenvalue weighted by molar-refractivity contribution is 6.28. The van der Waals surface area contributed by atoms with Gasteiger partial charge in [0.05, 0.1) is 13.7 Å². The van der Waals surface area contributed by atoms with Crippen molar-refractivity contribution in [2.45, 2.75) is 0 Å². The van der Waals surface area contributed by atoms with Crippen LogP contribution in [0.3, 0.4) is 0 Å². The van der Waals surface area contributed by atoms with Crippen LogP contribution in [0.1, 0.15) is 0 Å². The Morgan fingerprint density at radius 2 is 2.10 bits per heavy atom. The van der Waals surface area contributed by atoms with E-state index in [1.807, 2.05) is 4.90 Å². The second-order valence-electron chi connectivity index (χ2n) is 4.38. The molecular formula is C11H17ClN6O2. The summed E-state index contributed by atoms with van der Waals surface area (Å²) in [6.45, 7) is 3.26. The van der Waals surface area contributed by atoms with Crippen LogP contribution in [-0.2, 0) is 4.79 Å². The Bertz CT molecular complexity index is 480. The molecule has 0 bridgehead atoms. The second kappa shape index (κ2) is 6.67. The number of ether oxygens (including phenoxy) is 1. The van der Waals surface area contributed by atoms with Gasteiger partial charge in [-0.25, -0.2) is 0 Å². The number of aromatic nitrogens is 3. The Labute approximate surface area is 122 Å². The second-order valence-corrected chi connectivity index (χ2v) is 4.72. The number of methoxy groups -OCH3 is 1. The number of hydrogen-bond acceptors (Lipinski definition) is 7. The molecule has 1 aliphatic heterocycles. The molecule has 1 saturated heterocycles. The van der Waals surface area contributed by atoms with Gasteiger partial charge in [-0.3, -0.25) is 4.79 Å². The number of halogens is 1. The van der Waals surface area contributed by atoms with Gasteiger partial charge in [0.2, 0.25) is 17.1 Å². The zero-order valence-electron chi connectivity index (χ0n) is 11.5. The first-order valence-corrected chi connectivity index (χ1v) is 6.63. The molecule has 0 atom stereocenters. The average Bonchev–Trinajstić information content (AvgIpc) is 2.47. The third-order valence-corrected chi connectivity index (χ3v) is 3.11. The van der Waals surface area contributed by atoms with Gasteiger partial charge in [-0.2, -0.15) is 15.0 Å². The molecule has 0 unspecified atom stereocenters. The topological polar surface area (TPSA) is 83.5 Å². The maximum absolute atomic E-state index is 12.1. The molecule has 1 aromatic rings. The van der Waals surface area contributed by atoms with Crippen molar-refractivity contribution >= 4 is 23.5 Å². The molecule has 2 rings (SSSR count). The minimum Gasteiger partial charge on any atom is -0.467 e. The van der Waals surface area contributed by atoms with Crippen molar-refractivity contribution < 1.29 is 9.53 Å². The normalized spacial score (nSPS) is 15.1. The molecule has 1 amide bonds. The smallest absolute Gasteiger partial charge is 0.322 e. The van der Waals surface area contributed by atoms with Crippen molar-refractivity contribution in [2.24, 2.45) is 0 Å². The molecule has 8 nitrogen and oxygen atoms in total. The third kappa shape index (κ3) is 3.67. The van der Waals surface area contributed by atoms with Gasteiger partial charge in [0.15, 0.2) is 0 Å². The van der Waals surface area contributed by atoms with E-state index >= 15 is 0 Å². The van der Waals surface area contributed by atoms with E-state index in [0.717, 1.165) is 13.1 Å². The van der Waals surface area contributed by atoms with Crippen LogP contribution in [0.5, 0.6) is 6.01 Å². The highest BCUT2D eigenvalue weighted by atomic mass is 35.5. The highest BCUT2D eigenvalue weighted by Crippen LogP contribution is 2.13. The first kappa shape index (κ1) is 14.7. The number of rotatable bonds is 4. The predicted molar refractivity (Wildman–Crippen MR) is 74.1 cm³/mol. The van der Waals surface area contributed by atoms with Crippen LogP contribution < -0.4 is 15.0 Å². The SMILES string of the molecule is COc1nc(Cl)nc(N(C)CC(=O)N2CCNCC2)n1. The van der Waals surface area contributed by atoms with Crippen LogP contribution in [0.4, 0.5) is 5.95 Å². The molecule has 0 radical (unpaired) electrons. The Balaban J connectivity index is 2.01. The number of carbonyl (C=O) groups is 1. The summed E-state index contributed by atoms with van der Waals surface area (Å²) < 4.78 is 4.93. The Morgan fingerprint density at radius 1 is 1.40 bits per heavy atom. The van der Waals surface area contributed by atoms with Gasteiger partial charge < -0.3 is 19.9 Å². The molecule has 20 heavy (non-hydrogen) atoms. The predicted octanol–water partition coefficient (Wildman–Crippen LogP) is -0.598. The van der Waals surface area contributed by atoms with Gasteiger partial charge in [0, 0.05) is 33.2 Å². The molecule has 1 aliphatic rings. The minimum atomic E-state index is 0.0319. The number of likely N-dealkylation sites (N-methyl/N-ethyl adjacent to an activating group) is 1. The molecule has 0 aromatic carbocycles. The van der Waals surface area contributed by atoms with Crippen LogP contribution in [-0.4, -0.2) is 72.6 Å². The lowest BCUT2D eigenvalue weighted by molar-refractivity contribution is -0.130. The quantitative estimate of drug-likeness (QED) is 0.795. The standard InChI is InChI=1S/C11H17ClN6O2/c1-17(7-8(19)18-5-3-13-4-6-18)10-14-9(12)15-11(16-10)20-2/h13H,3-7H2,1-2H3. The lowest BCUT2D eigenvalue weighted by Crippen LogP contribution is -2.49. The van der Waals surface area contributed by atoms with E-state index < -0.39 is 0 Å². The monoisotopic (exact) mass is 300 g/mol. The summed E-state index contributed by atoms with van der Waals surface area (Å²) in [6, 6.07) is 0.126. The molecule has 1 fully saturated rings. The lowest BCUT2D eigenvalue weighted by Gasteiger charge is -2.29. The summed E-state index contributed by atoms with van der Waals surface area (Å²) in [5.74, 6) is 0.342. The molecule has 0 saturated carbocycles. The van der Waals surface area contributed by atoms with E-state index in [1.54, 1.807) is 11.9 Å². The molecule has 0 spiro atoms. The summed E-state index contributed by atoms with van der Waals surface area (Å²) in [5, 5.41) is 3.24. The fourth-order valence-corrected chi connectivity index (χ4v) is 2.02. The van der Waals surface area contributed by atoms with Gasteiger partial charge >= 0.3 is 6.01 Å². The summed E-state index contributed by atoms with van der Waals surface area (Å²) in [6.07, 6.45) is 0. The fourth-order valence-electron chi connectivity index (χ4n) is 1.87. The van der Waals surface area contributed by atoms with E-state index in [-0.39, 0.29) is 23.7 Å². The van der Waals surface area contributed by atoms with Gasteiger partial charge in [-0.15, -0.1) is 0 Å². The lowest BCUT2D eigenvalue weighted by atomic mass is 10.3. The molecular weight excluding hydrogens is 284 g/mol. The molecule has 110 valence electrons. The van der Waals surface area contributed by atoms with Crippen LogP contribution in [0.2, 0.25) is 5.28 Å². The first-order chi connectivity index (χ1) is 9.60. The van der Waals surface area contributed by atoms with Crippen molar-refractivity contribution in [3.63, 3.8) is 0 Å². The Hall–Kier alpha value is -1.67.